The van der Waals surface area contributed by atoms with Crippen LogP contribution in [0.5, 0.6) is 5.75 Å². The lowest BCUT2D eigenvalue weighted by Gasteiger charge is -2.19. The third-order valence-electron chi connectivity index (χ3n) is 2.72. The molecule has 1 amide bonds. The van der Waals surface area contributed by atoms with E-state index in [1.807, 2.05) is 0 Å². The number of carbonyl (C=O) groups is 1. The number of carbonyl (C=O) groups excluding carboxylic acids is 1. The summed E-state index contributed by atoms with van der Waals surface area (Å²) in [6.07, 6.45) is 4.78. The van der Waals surface area contributed by atoms with Crippen molar-refractivity contribution in [2.24, 2.45) is 0 Å². The van der Waals surface area contributed by atoms with E-state index in [0.717, 1.165) is 42.5 Å². The Balaban J connectivity index is 2.47. The van der Waals surface area contributed by atoms with Crippen molar-refractivity contribution in [1.82, 2.24) is 0 Å². The normalized spacial score (nSPS) is 14.6. The Morgan fingerprint density at radius 3 is 2.64 bits per heavy atom. The Bertz CT molecular complexity index is 361. The summed E-state index contributed by atoms with van der Waals surface area (Å²) in [5.41, 5.74) is 2.94. The van der Waals surface area contributed by atoms with Gasteiger partial charge in [-0.2, -0.15) is 0 Å². The molecule has 14 heavy (non-hydrogen) atoms. The maximum absolute atomic E-state index is 10.4. The minimum atomic E-state index is 0.358. The molecule has 2 rings (SSSR count). The predicted molar refractivity (Wildman–Crippen MR) is 54.4 cm³/mol. The molecule has 0 heterocycles. The average Bonchev–Trinajstić information content (AvgIpc) is 2.23. The second-order valence-corrected chi connectivity index (χ2v) is 3.56. The molecule has 0 fully saturated rings. The summed E-state index contributed by atoms with van der Waals surface area (Å²) in [6, 6.07) is 3.41. The lowest BCUT2D eigenvalue weighted by molar-refractivity contribution is -0.105. The van der Waals surface area contributed by atoms with E-state index in [1.54, 1.807) is 12.1 Å². The molecule has 0 radical (unpaired) electrons. The molecule has 0 aliphatic heterocycles. The van der Waals surface area contributed by atoms with Gasteiger partial charge in [0.05, 0.1) is 0 Å². The molecule has 0 unspecified atom stereocenters. The fraction of sp³-hybridized carbons (Fsp3) is 0.364. The van der Waals surface area contributed by atoms with Crippen molar-refractivity contribution in [1.29, 1.82) is 0 Å². The average molecular weight is 191 g/mol. The van der Waals surface area contributed by atoms with Gasteiger partial charge in [-0.15, -0.1) is 0 Å². The molecular formula is C11H13NO2. The second-order valence-electron chi connectivity index (χ2n) is 3.56. The fourth-order valence-corrected chi connectivity index (χ4v) is 2.05. The van der Waals surface area contributed by atoms with E-state index in [1.165, 1.54) is 0 Å². The van der Waals surface area contributed by atoms with E-state index in [4.69, 9.17) is 0 Å². The topological polar surface area (TPSA) is 49.3 Å². The molecule has 0 atom stereocenters. The van der Waals surface area contributed by atoms with E-state index in [0.29, 0.717) is 12.2 Å². The predicted octanol–water partition coefficient (Wildman–Crippen LogP) is 1.84. The van der Waals surface area contributed by atoms with Gasteiger partial charge in [-0.05, 0) is 48.9 Å². The number of rotatable bonds is 2. The molecule has 1 aromatic carbocycles. The van der Waals surface area contributed by atoms with Crippen molar-refractivity contribution in [3.05, 3.63) is 23.3 Å². The first kappa shape index (κ1) is 9.06. The number of hydrogen-bond acceptors (Lipinski definition) is 2. The van der Waals surface area contributed by atoms with Gasteiger partial charge in [-0.25, -0.2) is 0 Å². The van der Waals surface area contributed by atoms with Crippen LogP contribution in [0.1, 0.15) is 24.0 Å². The number of hydrogen-bond donors (Lipinski definition) is 2. The molecule has 0 saturated heterocycles. The largest absolute Gasteiger partial charge is 0.508 e. The van der Waals surface area contributed by atoms with Crippen molar-refractivity contribution in [3.8, 4) is 5.75 Å². The lowest BCUT2D eigenvalue weighted by atomic mass is 9.90. The first-order valence-electron chi connectivity index (χ1n) is 4.87. The minimum absolute atomic E-state index is 0.358. The fourth-order valence-electron chi connectivity index (χ4n) is 2.05. The zero-order valence-corrected chi connectivity index (χ0v) is 7.92. The van der Waals surface area contributed by atoms with Gasteiger partial charge in [0.25, 0.3) is 0 Å². The summed E-state index contributed by atoms with van der Waals surface area (Å²) < 4.78 is 0. The maximum atomic E-state index is 10.4. The van der Waals surface area contributed by atoms with Crippen LogP contribution in [-0.2, 0) is 17.6 Å². The smallest absolute Gasteiger partial charge is 0.211 e. The van der Waals surface area contributed by atoms with Gasteiger partial charge in [0.2, 0.25) is 6.41 Å². The Labute approximate surface area is 82.8 Å². The lowest BCUT2D eigenvalue weighted by Crippen LogP contribution is -2.07. The number of amides is 1. The zero-order valence-electron chi connectivity index (χ0n) is 7.92. The number of phenols is 1. The van der Waals surface area contributed by atoms with Gasteiger partial charge in [0, 0.05) is 5.69 Å². The Morgan fingerprint density at radius 2 is 1.93 bits per heavy atom. The van der Waals surface area contributed by atoms with Crippen molar-refractivity contribution in [2.45, 2.75) is 25.7 Å². The zero-order chi connectivity index (χ0) is 9.97. The van der Waals surface area contributed by atoms with Crippen LogP contribution in [0.25, 0.3) is 0 Å². The number of benzene rings is 1. The molecule has 0 spiro atoms. The van der Waals surface area contributed by atoms with E-state index in [9.17, 15) is 9.90 Å². The van der Waals surface area contributed by atoms with Crippen LogP contribution in [0, 0.1) is 0 Å². The van der Waals surface area contributed by atoms with Gasteiger partial charge in [-0.1, -0.05) is 0 Å². The van der Waals surface area contributed by atoms with Crippen molar-refractivity contribution < 1.29 is 9.90 Å². The highest BCUT2D eigenvalue weighted by molar-refractivity contribution is 5.75. The van der Waals surface area contributed by atoms with Crippen LogP contribution in [0.15, 0.2) is 12.1 Å². The molecule has 3 heteroatoms. The van der Waals surface area contributed by atoms with Gasteiger partial charge in [-0.3, -0.25) is 4.79 Å². The second kappa shape index (κ2) is 3.70. The SMILES string of the molecule is O=CNc1ccc(O)c2c1CCCC2. The van der Waals surface area contributed by atoms with E-state index in [2.05, 4.69) is 5.32 Å². The highest BCUT2D eigenvalue weighted by Crippen LogP contribution is 2.33. The van der Waals surface area contributed by atoms with Crippen LogP contribution < -0.4 is 5.32 Å². The highest BCUT2D eigenvalue weighted by atomic mass is 16.3. The first-order chi connectivity index (χ1) is 6.83. The molecule has 0 bridgehead atoms. The van der Waals surface area contributed by atoms with Crippen LogP contribution in [0.3, 0.4) is 0 Å². The number of fused-ring (bicyclic) bond motifs is 1. The third-order valence-corrected chi connectivity index (χ3v) is 2.72. The molecule has 2 N–H and O–H groups in total. The summed E-state index contributed by atoms with van der Waals surface area (Å²) in [6.45, 7) is 0. The standard InChI is InChI=1S/C11H13NO2/c13-7-12-10-5-6-11(14)9-4-2-1-3-8(9)10/h5-7,14H,1-4H2,(H,12,13). The quantitative estimate of drug-likeness (QED) is 0.553. The molecule has 1 aromatic rings. The van der Waals surface area contributed by atoms with Crippen LogP contribution in [0.4, 0.5) is 5.69 Å². The molecule has 74 valence electrons. The maximum Gasteiger partial charge on any atom is 0.211 e. The molecule has 0 saturated carbocycles. The molecule has 1 aliphatic carbocycles. The van der Waals surface area contributed by atoms with E-state index < -0.39 is 0 Å². The van der Waals surface area contributed by atoms with Crippen LogP contribution >= 0.6 is 0 Å². The van der Waals surface area contributed by atoms with Crippen molar-refractivity contribution in [2.75, 3.05) is 5.32 Å². The summed E-state index contributed by atoms with van der Waals surface area (Å²) in [4.78, 5) is 10.4. The molecule has 3 nitrogen and oxygen atoms in total. The Hall–Kier alpha value is -1.51. The number of aromatic hydroxyl groups is 1. The summed E-state index contributed by atoms with van der Waals surface area (Å²) >= 11 is 0. The van der Waals surface area contributed by atoms with Gasteiger partial charge in [0.1, 0.15) is 5.75 Å². The first-order valence-corrected chi connectivity index (χ1v) is 4.87. The molecule has 1 aliphatic rings. The van der Waals surface area contributed by atoms with Crippen LogP contribution in [0.2, 0.25) is 0 Å². The van der Waals surface area contributed by atoms with E-state index >= 15 is 0 Å². The summed E-state index contributed by atoms with van der Waals surface area (Å²) in [5, 5.41) is 12.3. The van der Waals surface area contributed by atoms with Crippen LogP contribution in [-0.4, -0.2) is 11.5 Å². The van der Waals surface area contributed by atoms with Gasteiger partial charge >= 0.3 is 0 Å². The summed E-state index contributed by atoms with van der Waals surface area (Å²) in [7, 11) is 0. The number of anilines is 1. The number of phenolic OH excluding ortho intramolecular Hbond substituents is 1. The van der Waals surface area contributed by atoms with E-state index in [-0.39, 0.29) is 0 Å². The van der Waals surface area contributed by atoms with Gasteiger partial charge < -0.3 is 10.4 Å². The minimum Gasteiger partial charge on any atom is -0.508 e. The Morgan fingerprint density at radius 1 is 1.21 bits per heavy atom. The van der Waals surface area contributed by atoms with Gasteiger partial charge in [0.15, 0.2) is 0 Å². The highest BCUT2D eigenvalue weighted by Gasteiger charge is 2.16. The molecular weight excluding hydrogens is 178 g/mol. The third kappa shape index (κ3) is 1.45. The molecule has 0 aromatic heterocycles. The summed E-state index contributed by atoms with van der Waals surface area (Å²) in [5.74, 6) is 0.358. The monoisotopic (exact) mass is 191 g/mol. The Kier molecular flexibility index (Phi) is 2.39. The van der Waals surface area contributed by atoms with Crippen molar-refractivity contribution >= 4 is 12.1 Å². The van der Waals surface area contributed by atoms with Crippen molar-refractivity contribution in [3.63, 3.8) is 0 Å². The number of nitrogens with one attached hydrogen (secondary N) is 1.